The number of nitriles is 1. The normalized spacial score (nSPS) is 12.2. The van der Waals surface area contributed by atoms with Gasteiger partial charge in [-0.1, -0.05) is 13.8 Å². The lowest BCUT2D eigenvalue weighted by Gasteiger charge is -2.08. The molecule has 0 N–H and O–H groups in total. The first kappa shape index (κ1) is 8.96. The van der Waals surface area contributed by atoms with Crippen LogP contribution in [0.15, 0.2) is 0 Å². The van der Waals surface area contributed by atoms with Crippen molar-refractivity contribution in [2.45, 2.75) is 26.4 Å². The molecule has 10 heavy (non-hydrogen) atoms. The van der Waals surface area contributed by atoms with Gasteiger partial charge in [0, 0.05) is 6.42 Å². The molecule has 0 aromatic rings. The Morgan fingerprint density at radius 2 is 2.30 bits per heavy atom. The topological polar surface area (TPSA) is 50.1 Å². The van der Waals surface area contributed by atoms with Crippen molar-refractivity contribution in [1.82, 2.24) is 0 Å². The second-order valence-corrected chi connectivity index (χ2v) is 2.48. The lowest BCUT2D eigenvalue weighted by atomic mass is 10.1. The van der Waals surface area contributed by atoms with Crippen LogP contribution in [0.2, 0.25) is 0 Å². The molecule has 1 unspecified atom stereocenters. The van der Waals surface area contributed by atoms with Crippen LogP contribution in [0, 0.1) is 17.2 Å². The van der Waals surface area contributed by atoms with E-state index < -0.39 is 6.10 Å². The van der Waals surface area contributed by atoms with Crippen molar-refractivity contribution in [3.63, 3.8) is 0 Å². The second-order valence-electron chi connectivity index (χ2n) is 2.48. The highest BCUT2D eigenvalue weighted by atomic mass is 16.5. The van der Waals surface area contributed by atoms with Gasteiger partial charge in [0.15, 0.2) is 6.10 Å². The quantitative estimate of drug-likeness (QED) is 0.551. The maximum atomic E-state index is 9.78. The average molecular weight is 141 g/mol. The summed E-state index contributed by atoms with van der Waals surface area (Å²) in [6.07, 6.45) is 0.0346. The van der Waals surface area contributed by atoms with Crippen LogP contribution >= 0.6 is 0 Å². The Bertz CT molecular complexity index is 137. The zero-order valence-electron chi connectivity index (χ0n) is 6.20. The van der Waals surface area contributed by atoms with E-state index in [-0.39, 0.29) is 0 Å². The van der Waals surface area contributed by atoms with Crippen LogP contribution in [-0.2, 0) is 9.53 Å². The van der Waals surface area contributed by atoms with E-state index in [1.807, 2.05) is 19.9 Å². The van der Waals surface area contributed by atoms with Gasteiger partial charge in [0.25, 0.3) is 6.47 Å². The van der Waals surface area contributed by atoms with Gasteiger partial charge in [0.1, 0.15) is 6.07 Å². The Morgan fingerprint density at radius 3 is 2.60 bits per heavy atom. The highest BCUT2D eigenvalue weighted by molar-refractivity contribution is 5.38. The van der Waals surface area contributed by atoms with Gasteiger partial charge in [-0.25, -0.2) is 0 Å². The Kier molecular flexibility index (Phi) is 4.30. The molecule has 0 bridgehead atoms. The summed E-state index contributed by atoms with van der Waals surface area (Å²) in [7, 11) is 0. The molecule has 1 atom stereocenters. The minimum Gasteiger partial charge on any atom is -0.449 e. The molecular formula is C7H11NO2. The van der Waals surface area contributed by atoms with Gasteiger partial charge in [0.05, 0.1) is 0 Å². The predicted molar refractivity (Wildman–Crippen MR) is 36.0 cm³/mol. The lowest BCUT2D eigenvalue weighted by molar-refractivity contribution is -0.131. The van der Waals surface area contributed by atoms with Crippen molar-refractivity contribution in [3.05, 3.63) is 0 Å². The largest absolute Gasteiger partial charge is 0.449 e. The van der Waals surface area contributed by atoms with Gasteiger partial charge < -0.3 is 4.74 Å². The van der Waals surface area contributed by atoms with Crippen molar-refractivity contribution in [1.29, 1.82) is 5.26 Å². The first-order chi connectivity index (χ1) is 4.70. The van der Waals surface area contributed by atoms with Crippen LogP contribution in [0.3, 0.4) is 0 Å². The van der Waals surface area contributed by atoms with E-state index in [0.29, 0.717) is 18.8 Å². The van der Waals surface area contributed by atoms with Gasteiger partial charge in [-0.15, -0.1) is 0 Å². The van der Waals surface area contributed by atoms with E-state index in [1.54, 1.807) is 0 Å². The molecule has 0 aliphatic carbocycles. The van der Waals surface area contributed by atoms with Crippen molar-refractivity contribution in [2.75, 3.05) is 0 Å². The van der Waals surface area contributed by atoms with Crippen molar-refractivity contribution in [3.8, 4) is 6.07 Å². The maximum absolute atomic E-state index is 9.78. The number of hydrogen-bond donors (Lipinski definition) is 0. The van der Waals surface area contributed by atoms with Gasteiger partial charge in [-0.2, -0.15) is 5.26 Å². The molecule has 0 aliphatic rings. The van der Waals surface area contributed by atoms with Crippen LogP contribution in [0.4, 0.5) is 0 Å². The number of rotatable bonds is 4. The number of carbonyl (C=O) groups excluding carboxylic acids is 1. The Balaban J connectivity index is 3.62. The molecule has 3 heteroatoms. The molecule has 0 fully saturated rings. The number of hydrogen-bond acceptors (Lipinski definition) is 3. The van der Waals surface area contributed by atoms with E-state index in [9.17, 15) is 4.79 Å². The summed E-state index contributed by atoms with van der Waals surface area (Å²) in [5.41, 5.74) is 0. The number of nitrogens with zero attached hydrogens (tertiary/aromatic N) is 1. The number of carbonyl (C=O) groups is 1. The van der Waals surface area contributed by atoms with Crippen LogP contribution < -0.4 is 0 Å². The molecule has 0 aliphatic heterocycles. The third-order valence-corrected chi connectivity index (χ3v) is 1.05. The molecule has 56 valence electrons. The van der Waals surface area contributed by atoms with Crippen LogP contribution in [0.1, 0.15) is 20.3 Å². The Labute approximate surface area is 60.6 Å². The molecule has 0 rings (SSSR count). The predicted octanol–water partition coefficient (Wildman–Crippen LogP) is 1.10. The molecule has 0 saturated carbocycles. The summed E-state index contributed by atoms with van der Waals surface area (Å²) in [5.74, 6) is 0.379. The molecule has 0 spiro atoms. The van der Waals surface area contributed by atoms with Gasteiger partial charge in [-0.3, -0.25) is 4.79 Å². The first-order valence-corrected chi connectivity index (χ1v) is 3.19. The summed E-state index contributed by atoms with van der Waals surface area (Å²) < 4.78 is 4.46. The molecule has 0 aromatic heterocycles. The Hall–Kier alpha value is -1.04. The minimum absolute atomic E-state index is 0.316. The number of ether oxygens (including phenoxy) is 1. The second kappa shape index (κ2) is 4.80. The summed E-state index contributed by atoms with van der Waals surface area (Å²) in [4.78, 5) is 9.78. The van der Waals surface area contributed by atoms with Crippen molar-refractivity contribution >= 4 is 6.47 Å². The summed E-state index contributed by atoms with van der Waals surface area (Å²) in [6.45, 7) is 4.26. The molecular weight excluding hydrogens is 130 g/mol. The van der Waals surface area contributed by atoms with E-state index >= 15 is 0 Å². The molecule has 0 saturated heterocycles. The van der Waals surface area contributed by atoms with E-state index in [0.717, 1.165) is 0 Å². The smallest absolute Gasteiger partial charge is 0.294 e. The SMILES string of the molecule is CC(C)CC(C#N)OC=O. The third kappa shape index (κ3) is 3.90. The fourth-order valence-electron chi connectivity index (χ4n) is 0.634. The zero-order valence-corrected chi connectivity index (χ0v) is 6.20. The third-order valence-electron chi connectivity index (χ3n) is 1.05. The van der Waals surface area contributed by atoms with Gasteiger partial charge in [-0.05, 0) is 5.92 Å². The highest BCUT2D eigenvalue weighted by Crippen LogP contribution is 2.05. The van der Waals surface area contributed by atoms with Gasteiger partial charge in [0.2, 0.25) is 0 Å². The molecule has 3 nitrogen and oxygen atoms in total. The highest BCUT2D eigenvalue weighted by Gasteiger charge is 2.08. The summed E-state index contributed by atoms with van der Waals surface area (Å²) >= 11 is 0. The maximum Gasteiger partial charge on any atom is 0.294 e. The Morgan fingerprint density at radius 1 is 1.70 bits per heavy atom. The molecule has 0 amide bonds. The average Bonchev–Trinajstić information content (AvgIpc) is 1.86. The van der Waals surface area contributed by atoms with E-state index in [1.165, 1.54) is 0 Å². The monoisotopic (exact) mass is 141 g/mol. The lowest BCUT2D eigenvalue weighted by Crippen LogP contribution is -2.11. The van der Waals surface area contributed by atoms with Gasteiger partial charge >= 0.3 is 0 Å². The van der Waals surface area contributed by atoms with E-state index in [2.05, 4.69) is 4.74 Å². The molecule has 0 aromatic carbocycles. The standard InChI is InChI=1S/C7H11NO2/c1-6(2)3-7(4-8)10-5-9/h5-7H,3H2,1-2H3. The summed E-state index contributed by atoms with van der Waals surface area (Å²) in [5, 5.41) is 8.37. The first-order valence-electron chi connectivity index (χ1n) is 3.19. The fraction of sp³-hybridized carbons (Fsp3) is 0.714. The van der Waals surface area contributed by atoms with Crippen LogP contribution in [0.25, 0.3) is 0 Å². The molecule has 0 radical (unpaired) electrons. The van der Waals surface area contributed by atoms with Crippen molar-refractivity contribution < 1.29 is 9.53 Å². The zero-order chi connectivity index (χ0) is 7.98. The molecule has 0 heterocycles. The minimum atomic E-state index is -0.572. The fourth-order valence-corrected chi connectivity index (χ4v) is 0.634. The summed E-state index contributed by atoms with van der Waals surface area (Å²) in [6, 6.07) is 1.88. The van der Waals surface area contributed by atoms with Crippen LogP contribution in [-0.4, -0.2) is 12.6 Å². The van der Waals surface area contributed by atoms with Crippen LogP contribution in [0.5, 0.6) is 0 Å². The van der Waals surface area contributed by atoms with Crippen molar-refractivity contribution in [2.24, 2.45) is 5.92 Å². The van der Waals surface area contributed by atoms with E-state index in [4.69, 9.17) is 5.26 Å².